The lowest BCUT2D eigenvalue weighted by atomic mass is 9.45. The zero-order valence-corrected chi connectivity index (χ0v) is 15.2. The summed E-state index contributed by atoms with van der Waals surface area (Å²) in [6.07, 6.45) is 13.0. The second-order valence-corrected chi connectivity index (χ2v) is 9.68. The smallest absolute Gasteiger partial charge is 0.193 e. The third kappa shape index (κ3) is 1.84. The van der Waals surface area contributed by atoms with E-state index in [1.165, 1.54) is 32.1 Å². The molecular formula is C21H32O3. The SMILES string of the molecule is CC12CCC(O)CC1CCC1C2CCC2(C)C1C=CC21OCCO1. The van der Waals surface area contributed by atoms with Gasteiger partial charge in [0.25, 0.3) is 0 Å². The Morgan fingerprint density at radius 1 is 1.00 bits per heavy atom. The van der Waals surface area contributed by atoms with Crippen molar-refractivity contribution in [2.24, 2.45) is 34.5 Å². The lowest BCUT2D eigenvalue weighted by molar-refractivity contribution is -0.230. The maximum Gasteiger partial charge on any atom is 0.193 e. The predicted molar refractivity (Wildman–Crippen MR) is 92.3 cm³/mol. The summed E-state index contributed by atoms with van der Waals surface area (Å²) < 4.78 is 12.3. The minimum absolute atomic E-state index is 0.0524. The van der Waals surface area contributed by atoms with Gasteiger partial charge in [-0.1, -0.05) is 19.9 Å². The fourth-order valence-corrected chi connectivity index (χ4v) is 7.52. The molecule has 134 valence electrons. The Bertz CT molecular complexity index is 551. The molecule has 5 rings (SSSR count). The summed E-state index contributed by atoms with van der Waals surface area (Å²) in [6.45, 7) is 6.43. The Morgan fingerprint density at radius 2 is 1.79 bits per heavy atom. The van der Waals surface area contributed by atoms with E-state index in [4.69, 9.17) is 9.47 Å². The molecule has 3 nitrogen and oxygen atoms in total. The Hall–Kier alpha value is -0.380. The third-order valence-corrected chi connectivity index (χ3v) is 8.92. The van der Waals surface area contributed by atoms with Crippen molar-refractivity contribution in [3.05, 3.63) is 12.2 Å². The van der Waals surface area contributed by atoms with Crippen molar-refractivity contribution in [3.8, 4) is 0 Å². The number of hydrogen-bond donors (Lipinski definition) is 1. The molecule has 0 bridgehead atoms. The minimum Gasteiger partial charge on any atom is -0.393 e. The summed E-state index contributed by atoms with van der Waals surface area (Å²) in [7, 11) is 0. The molecule has 7 unspecified atom stereocenters. The maximum absolute atomic E-state index is 10.1. The average molecular weight is 332 g/mol. The van der Waals surface area contributed by atoms with Gasteiger partial charge in [0.15, 0.2) is 5.79 Å². The first kappa shape index (κ1) is 15.8. The van der Waals surface area contributed by atoms with E-state index in [2.05, 4.69) is 26.0 Å². The quantitative estimate of drug-likeness (QED) is 0.684. The number of rotatable bonds is 0. The van der Waals surface area contributed by atoms with E-state index in [-0.39, 0.29) is 11.5 Å². The van der Waals surface area contributed by atoms with E-state index >= 15 is 0 Å². The molecule has 4 fully saturated rings. The number of fused-ring (bicyclic) bond motifs is 6. The molecule has 7 atom stereocenters. The molecule has 0 amide bonds. The normalized spacial score (nSPS) is 55.2. The second-order valence-electron chi connectivity index (χ2n) is 9.68. The summed E-state index contributed by atoms with van der Waals surface area (Å²) in [5.41, 5.74) is 0.548. The number of hydrogen-bond acceptors (Lipinski definition) is 3. The molecule has 3 saturated carbocycles. The topological polar surface area (TPSA) is 38.7 Å². The maximum atomic E-state index is 10.1. The fourth-order valence-electron chi connectivity index (χ4n) is 7.52. The van der Waals surface area contributed by atoms with Crippen LogP contribution >= 0.6 is 0 Å². The van der Waals surface area contributed by atoms with Crippen molar-refractivity contribution in [1.29, 1.82) is 0 Å². The van der Waals surface area contributed by atoms with Gasteiger partial charge in [-0.3, -0.25) is 0 Å². The van der Waals surface area contributed by atoms with E-state index < -0.39 is 5.79 Å². The third-order valence-electron chi connectivity index (χ3n) is 8.92. The van der Waals surface area contributed by atoms with E-state index in [0.717, 1.165) is 43.8 Å². The largest absolute Gasteiger partial charge is 0.393 e. The summed E-state index contributed by atoms with van der Waals surface area (Å²) in [6, 6.07) is 0. The zero-order valence-electron chi connectivity index (χ0n) is 15.2. The van der Waals surface area contributed by atoms with Gasteiger partial charge < -0.3 is 14.6 Å². The number of allylic oxidation sites excluding steroid dienone is 1. The fraction of sp³-hybridized carbons (Fsp3) is 0.905. The first-order valence-electron chi connectivity index (χ1n) is 10.1. The number of aliphatic hydroxyl groups excluding tert-OH is 1. The van der Waals surface area contributed by atoms with Crippen molar-refractivity contribution >= 4 is 0 Å². The Labute approximate surface area is 145 Å². The van der Waals surface area contributed by atoms with Gasteiger partial charge in [0.1, 0.15) is 0 Å². The monoisotopic (exact) mass is 332 g/mol. The second kappa shape index (κ2) is 5.08. The van der Waals surface area contributed by atoms with Gasteiger partial charge in [0.2, 0.25) is 0 Å². The lowest BCUT2D eigenvalue weighted by Gasteiger charge is -2.61. The van der Waals surface area contributed by atoms with Crippen LogP contribution in [0.25, 0.3) is 0 Å². The van der Waals surface area contributed by atoms with Crippen molar-refractivity contribution in [3.63, 3.8) is 0 Å². The molecule has 1 N–H and O–H groups in total. The van der Waals surface area contributed by atoms with E-state index in [9.17, 15) is 5.11 Å². The first-order chi connectivity index (χ1) is 11.5. The summed E-state index contributed by atoms with van der Waals surface area (Å²) >= 11 is 0. The highest BCUT2D eigenvalue weighted by molar-refractivity contribution is 5.24. The van der Waals surface area contributed by atoms with Crippen molar-refractivity contribution in [2.75, 3.05) is 13.2 Å². The van der Waals surface area contributed by atoms with Crippen LogP contribution in [0.4, 0.5) is 0 Å². The summed E-state index contributed by atoms with van der Waals surface area (Å²) in [5, 5.41) is 10.1. The van der Waals surface area contributed by atoms with Crippen molar-refractivity contribution < 1.29 is 14.6 Å². The number of aliphatic hydroxyl groups is 1. The van der Waals surface area contributed by atoms with Crippen molar-refractivity contribution in [1.82, 2.24) is 0 Å². The van der Waals surface area contributed by atoms with Crippen LogP contribution < -0.4 is 0 Å². The Kier molecular flexibility index (Phi) is 3.35. The molecular weight excluding hydrogens is 300 g/mol. The van der Waals surface area contributed by atoms with Gasteiger partial charge in [0.05, 0.1) is 19.3 Å². The minimum atomic E-state index is -0.441. The highest BCUT2D eigenvalue weighted by Gasteiger charge is 2.65. The highest BCUT2D eigenvalue weighted by atomic mass is 16.7. The zero-order chi connectivity index (χ0) is 16.6. The van der Waals surface area contributed by atoms with Crippen LogP contribution in [-0.4, -0.2) is 30.2 Å². The van der Waals surface area contributed by atoms with Crippen LogP contribution in [-0.2, 0) is 9.47 Å². The molecule has 4 aliphatic carbocycles. The highest BCUT2D eigenvalue weighted by Crippen LogP contribution is 2.67. The lowest BCUT2D eigenvalue weighted by Crippen LogP contribution is -2.57. The molecule has 1 aliphatic heterocycles. The summed E-state index contributed by atoms with van der Waals surface area (Å²) in [4.78, 5) is 0. The van der Waals surface area contributed by atoms with Crippen molar-refractivity contribution in [2.45, 2.75) is 70.7 Å². The molecule has 3 heteroatoms. The average Bonchev–Trinajstić information content (AvgIpc) is 3.15. The molecule has 24 heavy (non-hydrogen) atoms. The molecule has 0 radical (unpaired) electrons. The standard InChI is InChI=1S/C21H32O3/c1-19-8-5-15(22)13-14(19)3-4-16-17(19)6-9-20(2)18(16)7-10-21(20)23-11-12-24-21/h7,10,14-18,22H,3-6,8-9,11-13H2,1-2H3. The Morgan fingerprint density at radius 3 is 2.58 bits per heavy atom. The molecule has 0 aromatic rings. The van der Waals surface area contributed by atoms with Crippen LogP contribution in [0.15, 0.2) is 12.2 Å². The van der Waals surface area contributed by atoms with Crippen LogP contribution in [0.2, 0.25) is 0 Å². The van der Waals surface area contributed by atoms with Gasteiger partial charge in [-0.15, -0.1) is 0 Å². The molecule has 1 heterocycles. The van der Waals surface area contributed by atoms with Crippen LogP contribution in [0.3, 0.4) is 0 Å². The van der Waals surface area contributed by atoms with E-state index in [1.807, 2.05) is 0 Å². The van der Waals surface area contributed by atoms with Crippen LogP contribution in [0.1, 0.15) is 58.8 Å². The van der Waals surface area contributed by atoms with E-state index in [0.29, 0.717) is 11.3 Å². The molecule has 0 aromatic carbocycles. The molecule has 0 aromatic heterocycles. The van der Waals surface area contributed by atoms with Gasteiger partial charge in [-0.2, -0.15) is 0 Å². The van der Waals surface area contributed by atoms with Gasteiger partial charge in [-0.25, -0.2) is 0 Å². The first-order valence-corrected chi connectivity index (χ1v) is 10.1. The van der Waals surface area contributed by atoms with E-state index in [1.54, 1.807) is 0 Å². The van der Waals surface area contributed by atoms with Gasteiger partial charge in [-0.05, 0) is 80.1 Å². The molecule has 1 saturated heterocycles. The summed E-state index contributed by atoms with van der Waals surface area (Å²) in [5.74, 6) is 2.46. The van der Waals surface area contributed by atoms with Gasteiger partial charge >= 0.3 is 0 Å². The number of ether oxygens (including phenoxy) is 2. The molecule has 1 spiro atoms. The predicted octanol–water partition coefficient (Wildman–Crippen LogP) is 3.91. The molecule has 5 aliphatic rings. The van der Waals surface area contributed by atoms with Crippen LogP contribution in [0, 0.1) is 34.5 Å². The Balaban J connectivity index is 1.46. The van der Waals surface area contributed by atoms with Crippen LogP contribution in [0.5, 0.6) is 0 Å². The van der Waals surface area contributed by atoms with Gasteiger partial charge in [0, 0.05) is 5.41 Å².